The lowest BCUT2D eigenvalue weighted by molar-refractivity contribution is -0.386. The quantitative estimate of drug-likeness (QED) is 0.515. The number of nitrogens with zero attached hydrogens (tertiary/aromatic N) is 5. The first-order valence-corrected chi connectivity index (χ1v) is 6.36. The van der Waals surface area contributed by atoms with Gasteiger partial charge in [0.05, 0.1) is 31.4 Å². The van der Waals surface area contributed by atoms with Crippen molar-refractivity contribution < 1.29 is 19.2 Å². The smallest absolute Gasteiger partial charge is 0.318 e. The van der Waals surface area contributed by atoms with Crippen molar-refractivity contribution in [2.45, 2.75) is 0 Å². The Hall–Kier alpha value is -3.43. The van der Waals surface area contributed by atoms with E-state index in [-0.39, 0.29) is 17.2 Å². The number of aromatic nitrogens is 4. The number of nitro benzene ring substituents is 1. The van der Waals surface area contributed by atoms with Crippen molar-refractivity contribution in [3.63, 3.8) is 0 Å². The SMILES string of the molecule is COc1cc(On2cnc3cncnc32)c([N+](=O)[O-])cc1OC. The van der Waals surface area contributed by atoms with Gasteiger partial charge in [-0.15, -0.1) is 4.73 Å². The molecule has 1 aromatic carbocycles. The summed E-state index contributed by atoms with van der Waals surface area (Å²) in [7, 11) is 2.82. The van der Waals surface area contributed by atoms with Gasteiger partial charge in [0.25, 0.3) is 0 Å². The zero-order chi connectivity index (χ0) is 16.4. The molecular weight excluding hydrogens is 306 g/mol. The number of ether oxygens (including phenoxy) is 2. The molecule has 0 unspecified atom stereocenters. The van der Waals surface area contributed by atoms with Gasteiger partial charge < -0.3 is 14.3 Å². The second kappa shape index (κ2) is 5.75. The predicted molar refractivity (Wildman–Crippen MR) is 77.5 cm³/mol. The van der Waals surface area contributed by atoms with Crippen molar-refractivity contribution in [3.05, 3.63) is 41.1 Å². The van der Waals surface area contributed by atoms with Crippen LogP contribution in [0.4, 0.5) is 5.69 Å². The fraction of sp³-hybridized carbons (Fsp3) is 0.154. The Morgan fingerprint density at radius 3 is 2.57 bits per heavy atom. The lowest BCUT2D eigenvalue weighted by atomic mass is 10.2. The summed E-state index contributed by atoms with van der Waals surface area (Å²) in [6, 6.07) is 2.59. The summed E-state index contributed by atoms with van der Waals surface area (Å²) < 4.78 is 11.4. The highest BCUT2D eigenvalue weighted by Gasteiger charge is 2.22. The Labute approximate surface area is 129 Å². The molecule has 0 aliphatic rings. The summed E-state index contributed by atoms with van der Waals surface area (Å²) in [4.78, 5) is 28.2. The standard InChI is InChI=1S/C13H11N5O5/c1-21-11-3-9(18(19)20)10(4-12(11)22-2)23-17-7-16-8-5-14-6-15-13(8)17/h3-7H,1-2H3. The maximum atomic E-state index is 11.3. The van der Waals surface area contributed by atoms with Gasteiger partial charge in [-0.25, -0.2) is 15.0 Å². The van der Waals surface area contributed by atoms with Gasteiger partial charge in [0.1, 0.15) is 18.2 Å². The van der Waals surface area contributed by atoms with E-state index in [0.29, 0.717) is 16.9 Å². The van der Waals surface area contributed by atoms with Crippen LogP contribution in [0.5, 0.6) is 17.2 Å². The molecule has 10 nitrogen and oxygen atoms in total. The Balaban J connectivity index is 2.09. The third-order valence-corrected chi connectivity index (χ3v) is 3.04. The predicted octanol–water partition coefficient (Wildman–Crippen LogP) is 1.59. The van der Waals surface area contributed by atoms with Crippen molar-refractivity contribution >= 4 is 16.9 Å². The van der Waals surface area contributed by atoms with Gasteiger partial charge in [-0.05, 0) is 0 Å². The molecule has 0 bridgehead atoms. The van der Waals surface area contributed by atoms with Gasteiger partial charge in [0.15, 0.2) is 17.1 Å². The van der Waals surface area contributed by atoms with E-state index in [4.69, 9.17) is 14.3 Å². The first-order chi connectivity index (χ1) is 11.1. The highest BCUT2D eigenvalue weighted by molar-refractivity contribution is 5.68. The minimum Gasteiger partial charge on any atom is -0.493 e. The Kier molecular flexibility index (Phi) is 3.63. The lowest BCUT2D eigenvalue weighted by Gasteiger charge is -2.11. The molecule has 0 amide bonds. The molecule has 118 valence electrons. The molecule has 2 heterocycles. The molecule has 0 fully saturated rings. The third kappa shape index (κ3) is 2.57. The summed E-state index contributed by atoms with van der Waals surface area (Å²) in [5.41, 5.74) is 0.596. The fourth-order valence-electron chi connectivity index (χ4n) is 1.98. The van der Waals surface area contributed by atoms with Crippen LogP contribution in [-0.4, -0.2) is 38.8 Å². The van der Waals surface area contributed by atoms with E-state index in [0.717, 1.165) is 0 Å². The number of benzene rings is 1. The van der Waals surface area contributed by atoms with E-state index in [2.05, 4.69) is 15.0 Å². The topological polar surface area (TPSA) is 114 Å². The number of hydrogen-bond acceptors (Lipinski definition) is 8. The van der Waals surface area contributed by atoms with E-state index in [1.165, 1.54) is 49.9 Å². The van der Waals surface area contributed by atoms with Crippen LogP contribution in [0.3, 0.4) is 0 Å². The molecule has 3 aromatic rings. The van der Waals surface area contributed by atoms with Crippen LogP contribution in [-0.2, 0) is 0 Å². The molecule has 23 heavy (non-hydrogen) atoms. The summed E-state index contributed by atoms with van der Waals surface area (Å²) in [6.07, 6.45) is 4.18. The average molecular weight is 317 g/mol. The first-order valence-electron chi connectivity index (χ1n) is 6.36. The van der Waals surface area contributed by atoms with E-state index in [1.807, 2.05) is 0 Å². The molecule has 0 radical (unpaired) electrons. The van der Waals surface area contributed by atoms with Crippen LogP contribution in [0.2, 0.25) is 0 Å². The van der Waals surface area contributed by atoms with Crippen molar-refractivity contribution in [2.75, 3.05) is 14.2 Å². The largest absolute Gasteiger partial charge is 0.493 e. The molecule has 0 N–H and O–H groups in total. The number of fused-ring (bicyclic) bond motifs is 1. The molecule has 0 aliphatic carbocycles. The Morgan fingerprint density at radius 1 is 1.13 bits per heavy atom. The minimum atomic E-state index is -0.578. The van der Waals surface area contributed by atoms with Crippen molar-refractivity contribution in [1.82, 2.24) is 19.7 Å². The number of nitro groups is 1. The summed E-state index contributed by atoms with van der Waals surface area (Å²) in [5, 5.41) is 11.3. The third-order valence-electron chi connectivity index (χ3n) is 3.04. The molecule has 10 heteroatoms. The monoisotopic (exact) mass is 317 g/mol. The van der Waals surface area contributed by atoms with E-state index >= 15 is 0 Å². The zero-order valence-corrected chi connectivity index (χ0v) is 12.2. The van der Waals surface area contributed by atoms with Crippen LogP contribution in [0, 0.1) is 10.1 Å². The number of hydrogen-bond donors (Lipinski definition) is 0. The highest BCUT2D eigenvalue weighted by atomic mass is 16.7. The highest BCUT2D eigenvalue weighted by Crippen LogP contribution is 2.39. The zero-order valence-electron chi connectivity index (χ0n) is 12.2. The summed E-state index contributed by atoms with van der Waals surface area (Å²) in [5.74, 6) is 0.488. The van der Waals surface area contributed by atoms with Gasteiger partial charge in [-0.2, -0.15) is 0 Å². The van der Waals surface area contributed by atoms with Gasteiger partial charge in [-0.1, -0.05) is 0 Å². The Morgan fingerprint density at radius 2 is 1.87 bits per heavy atom. The van der Waals surface area contributed by atoms with Crippen LogP contribution < -0.4 is 14.3 Å². The van der Waals surface area contributed by atoms with Crippen LogP contribution >= 0.6 is 0 Å². The summed E-state index contributed by atoms with van der Waals surface area (Å²) >= 11 is 0. The molecule has 0 atom stereocenters. The van der Waals surface area contributed by atoms with Gasteiger partial charge in [0.2, 0.25) is 5.75 Å². The second-order valence-electron chi connectivity index (χ2n) is 4.33. The average Bonchev–Trinajstić information content (AvgIpc) is 2.97. The molecule has 0 saturated carbocycles. The van der Waals surface area contributed by atoms with Crippen LogP contribution in [0.1, 0.15) is 0 Å². The number of imidazole rings is 1. The fourth-order valence-corrected chi connectivity index (χ4v) is 1.98. The molecule has 0 aliphatic heterocycles. The minimum absolute atomic E-state index is 0.0365. The van der Waals surface area contributed by atoms with Gasteiger partial charge >= 0.3 is 5.69 Å². The maximum Gasteiger partial charge on any atom is 0.318 e. The van der Waals surface area contributed by atoms with E-state index in [9.17, 15) is 10.1 Å². The lowest BCUT2D eigenvalue weighted by Crippen LogP contribution is -2.07. The number of rotatable bonds is 5. The Bertz CT molecular complexity index is 878. The van der Waals surface area contributed by atoms with Crippen LogP contribution in [0.15, 0.2) is 31.0 Å². The molecule has 3 rings (SSSR count). The maximum absolute atomic E-state index is 11.3. The summed E-state index contributed by atoms with van der Waals surface area (Å²) in [6.45, 7) is 0. The van der Waals surface area contributed by atoms with Crippen molar-refractivity contribution in [1.29, 1.82) is 0 Å². The number of methoxy groups -OCH3 is 2. The van der Waals surface area contributed by atoms with Crippen molar-refractivity contribution in [2.24, 2.45) is 0 Å². The van der Waals surface area contributed by atoms with E-state index in [1.54, 1.807) is 0 Å². The molecular formula is C13H11N5O5. The van der Waals surface area contributed by atoms with Gasteiger partial charge in [0, 0.05) is 6.07 Å². The normalized spacial score (nSPS) is 10.5. The second-order valence-corrected chi connectivity index (χ2v) is 4.33. The molecule has 2 aromatic heterocycles. The molecule has 0 spiro atoms. The van der Waals surface area contributed by atoms with Crippen LogP contribution in [0.25, 0.3) is 11.2 Å². The van der Waals surface area contributed by atoms with Crippen molar-refractivity contribution in [3.8, 4) is 17.2 Å². The van der Waals surface area contributed by atoms with E-state index < -0.39 is 4.92 Å². The molecule has 0 saturated heterocycles. The van der Waals surface area contributed by atoms with Gasteiger partial charge in [-0.3, -0.25) is 10.1 Å². The first kappa shape index (κ1) is 14.5.